The predicted octanol–water partition coefficient (Wildman–Crippen LogP) is 2.18. The molecule has 0 aliphatic rings. The fourth-order valence-corrected chi connectivity index (χ4v) is 2.82. The second kappa shape index (κ2) is 8.52. The Bertz CT molecular complexity index is 815. The van der Waals surface area contributed by atoms with Crippen molar-refractivity contribution in [1.82, 2.24) is 0 Å². The van der Waals surface area contributed by atoms with E-state index < -0.39 is 0 Å². The summed E-state index contributed by atoms with van der Waals surface area (Å²) in [6, 6.07) is 12.8. The molecule has 5 nitrogen and oxygen atoms in total. The number of hydrogen-bond donors (Lipinski definition) is 2. The van der Waals surface area contributed by atoms with Crippen LogP contribution in [0.2, 0.25) is 5.02 Å². The van der Waals surface area contributed by atoms with Crippen molar-refractivity contribution >= 4 is 23.2 Å². The highest BCUT2D eigenvalue weighted by Gasteiger charge is 2.14. The fourth-order valence-electron chi connectivity index (χ4n) is 2.60. The van der Waals surface area contributed by atoms with Gasteiger partial charge in [0.2, 0.25) is 0 Å². The molecule has 2 N–H and O–H groups in total. The zero-order chi connectivity index (χ0) is 18.4. The second-order valence-corrected chi connectivity index (χ2v) is 6.39. The Morgan fingerprint density at radius 2 is 2.08 bits per heavy atom. The second-order valence-electron chi connectivity index (χ2n) is 5.98. The van der Waals surface area contributed by atoms with Crippen LogP contribution in [0.5, 0.6) is 5.75 Å². The number of nitrogens with zero attached hydrogens (tertiary/aromatic N) is 1. The third kappa shape index (κ3) is 5.21. The SMILES string of the molecule is COc1ccc(C)cc1C[NH+](C)CC(=O)Nc1ccc(C#N)c(Cl)c1. The molecule has 0 aliphatic carbocycles. The topological polar surface area (TPSA) is 66.6 Å². The minimum Gasteiger partial charge on any atom is -0.496 e. The van der Waals surface area contributed by atoms with Crippen LogP contribution >= 0.6 is 11.6 Å². The summed E-state index contributed by atoms with van der Waals surface area (Å²) in [7, 11) is 3.60. The number of hydrogen-bond acceptors (Lipinski definition) is 3. The van der Waals surface area contributed by atoms with Gasteiger partial charge in [-0.25, -0.2) is 0 Å². The van der Waals surface area contributed by atoms with Crippen molar-refractivity contribution < 1.29 is 14.4 Å². The van der Waals surface area contributed by atoms with Crippen LogP contribution < -0.4 is 15.0 Å². The number of rotatable bonds is 6. The van der Waals surface area contributed by atoms with Gasteiger partial charge in [0, 0.05) is 11.3 Å². The predicted molar refractivity (Wildman–Crippen MR) is 98.0 cm³/mol. The highest BCUT2D eigenvalue weighted by atomic mass is 35.5. The van der Waals surface area contributed by atoms with Crippen molar-refractivity contribution in [3.63, 3.8) is 0 Å². The van der Waals surface area contributed by atoms with E-state index in [1.54, 1.807) is 25.3 Å². The number of aryl methyl sites for hydroxylation is 1. The number of anilines is 1. The van der Waals surface area contributed by atoms with Gasteiger partial charge in [-0.2, -0.15) is 5.26 Å². The average molecular weight is 359 g/mol. The van der Waals surface area contributed by atoms with Gasteiger partial charge >= 0.3 is 0 Å². The lowest BCUT2D eigenvalue weighted by atomic mass is 10.1. The highest BCUT2D eigenvalue weighted by Crippen LogP contribution is 2.20. The van der Waals surface area contributed by atoms with Crippen LogP contribution in [0, 0.1) is 18.3 Å². The van der Waals surface area contributed by atoms with Crippen molar-refractivity contribution in [2.75, 3.05) is 26.0 Å². The summed E-state index contributed by atoms with van der Waals surface area (Å²) in [6.07, 6.45) is 0. The van der Waals surface area contributed by atoms with Gasteiger partial charge in [0.15, 0.2) is 6.54 Å². The molecule has 0 aromatic heterocycles. The Morgan fingerprint density at radius 3 is 2.72 bits per heavy atom. The first kappa shape index (κ1) is 18.8. The summed E-state index contributed by atoms with van der Waals surface area (Å²) in [5, 5.41) is 12.0. The minimum absolute atomic E-state index is 0.120. The molecular formula is C19H21ClN3O2+. The summed E-state index contributed by atoms with van der Waals surface area (Å²) in [5.41, 5.74) is 3.18. The van der Waals surface area contributed by atoms with Gasteiger partial charge in [-0.15, -0.1) is 0 Å². The Balaban J connectivity index is 1.97. The van der Waals surface area contributed by atoms with Crippen LogP contribution in [0.4, 0.5) is 5.69 Å². The zero-order valence-corrected chi connectivity index (χ0v) is 15.3. The molecule has 1 atom stereocenters. The van der Waals surface area contributed by atoms with Gasteiger partial charge in [0.1, 0.15) is 18.4 Å². The van der Waals surface area contributed by atoms with E-state index >= 15 is 0 Å². The number of quaternary nitrogens is 1. The number of likely N-dealkylation sites (N-methyl/N-ethyl adjacent to an activating group) is 1. The number of nitrogens with one attached hydrogen (secondary N) is 2. The maximum Gasteiger partial charge on any atom is 0.279 e. The Kier molecular flexibility index (Phi) is 6.40. The first-order valence-electron chi connectivity index (χ1n) is 7.87. The number of carbonyl (C=O) groups excluding carboxylic acids is 1. The van der Waals surface area contributed by atoms with Gasteiger partial charge in [-0.3, -0.25) is 4.79 Å². The highest BCUT2D eigenvalue weighted by molar-refractivity contribution is 6.32. The lowest BCUT2D eigenvalue weighted by Gasteiger charge is -2.16. The van der Waals surface area contributed by atoms with E-state index in [9.17, 15) is 4.79 Å². The molecule has 1 unspecified atom stereocenters. The molecule has 2 aromatic rings. The Hall–Kier alpha value is -2.55. The molecule has 0 radical (unpaired) electrons. The molecule has 0 saturated carbocycles. The van der Waals surface area contributed by atoms with Crippen molar-refractivity contribution in [2.24, 2.45) is 0 Å². The zero-order valence-electron chi connectivity index (χ0n) is 14.5. The number of ether oxygens (including phenoxy) is 1. The van der Waals surface area contributed by atoms with Crippen molar-refractivity contribution in [2.45, 2.75) is 13.5 Å². The summed E-state index contributed by atoms with van der Waals surface area (Å²) < 4.78 is 5.38. The molecular weight excluding hydrogens is 338 g/mol. The van der Waals surface area contributed by atoms with Crippen LogP contribution in [0.1, 0.15) is 16.7 Å². The summed E-state index contributed by atoms with van der Waals surface area (Å²) >= 11 is 5.98. The van der Waals surface area contributed by atoms with Crippen LogP contribution in [0.3, 0.4) is 0 Å². The van der Waals surface area contributed by atoms with Crippen molar-refractivity contribution in [3.8, 4) is 11.8 Å². The smallest absolute Gasteiger partial charge is 0.279 e. The van der Waals surface area contributed by atoms with E-state index in [0.717, 1.165) is 21.8 Å². The summed E-state index contributed by atoms with van der Waals surface area (Å²) in [6.45, 7) is 3.00. The first-order valence-corrected chi connectivity index (χ1v) is 8.25. The largest absolute Gasteiger partial charge is 0.496 e. The lowest BCUT2D eigenvalue weighted by molar-refractivity contribution is -0.885. The van der Waals surface area contributed by atoms with E-state index in [4.69, 9.17) is 21.6 Å². The van der Waals surface area contributed by atoms with E-state index in [0.29, 0.717) is 29.4 Å². The Morgan fingerprint density at radius 1 is 1.32 bits per heavy atom. The number of benzene rings is 2. The monoisotopic (exact) mass is 358 g/mol. The normalized spacial score (nSPS) is 11.5. The first-order chi connectivity index (χ1) is 11.9. The fraction of sp³-hybridized carbons (Fsp3) is 0.263. The van der Waals surface area contributed by atoms with E-state index in [-0.39, 0.29) is 5.91 Å². The van der Waals surface area contributed by atoms with E-state index in [2.05, 4.69) is 11.4 Å². The maximum absolute atomic E-state index is 12.2. The quantitative estimate of drug-likeness (QED) is 0.831. The molecule has 0 spiro atoms. The molecule has 130 valence electrons. The Labute approximate surface area is 152 Å². The maximum atomic E-state index is 12.2. The van der Waals surface area contributed by atoms with Gasteiger partial charge in [-0.05, 0) is 37.3 Å². The molecule has 0 heterocycles. The van der Waals surface area contributed by atoms with Crippen LogP contribution in [-0.4, -0.2) is 26.6 Å². The lowest BCUT2D eigenvalue weighted by Crippen LogP contribution is -3.08. The van der Waals surface area contributed by atoms with Crippen molar-refractivity contribution in [1.29, 1.82) is 5.26 Å². The minimum atomic E-state index is -0.120. The molecule has 25 heavy (non-hydrogen) atoms. The third-order valence-corrected chi connectivity index (χ3v) is 4.08. The number of carbonyl (C=O) groups is 1. The van der Waals surface area contributed by atoms with Crippen LogP contribution in [0.25, 0.3) is 0 Å². The summed E-state index contributed by atoms with van der Waals surface area (Å²) in [5.74, 6) is 0.703. The average Bonchev–Trinajstić information content (AvgIpc) is 2.55. The van der Waals surface area contributed by atoms with Gasteiger partial charge in [0.05, 0.1) is 24.7 Å². The van der Waals surface area contributed by atoms with Gasteiger partial charge in [0.25, 0.3) is 5.91 Å². The van der Waals surface area contributed by atoms with Crippen LogP contribution in [0.15, 0.2) is 36.4 Å². The van der Waals surface area contributed by atoms with E-state index in [1.165, 1.54) is 0 Å². The molecule has 1 amide bonds. The molecule has 0 saturated heterocycles. The molecule has 6 heteroatoms. The standard InChI is InChI=1S/C19H20ClN3O2/c1-13-4-7-18(25-3)15(8-13)11-23(2)12-19(24)22-16-6-5-14(10-21)17(20)9-16/h4-9H,11-12H2,1-3H3,(H,22,24)/p+1. The van der Waals surface area contributed by atoms with Gasteiger partial charge < -0.3 is 15.0 Å². The van der Waals surface area contributed by atoms with Crippen LogP contribution in [-0.2, 0) is 11.3 Å². The van der Waals surface area contributed by atoms with Crippen molar-refractivity contribution in [3.05, 3.63) is 58.1 Å². The number of amides is 1. The number of nitriles is 1. The third-order valence-electron chi connectivity index (χ3n) is 3.76. The molecule has 2 aromatic carbocycles. The van der Waals surface area contributed by atoms with Gasteiger partial charge in [-0.1, -0.05) is 23.2 Å². The molecule has 0 fully saturated rings. The van der Waals surface area contributed by atoms with E-state index in [1.807, 2.05) is 32.2 Å². The number of halogens is 1. The summed E-state index contributed by atoms with van der Waals surface area (Å²) in [4.78, 5) is 13.3. The molecule has 0 bridgehead atoms. The molecule has 0 aliphatic heterocycles. The molecule has 2 rings (SSSR count). The number of methoxy groups -OCH3 is 1.